The first kappa shape index (κ1) is 14.4. The fourth-order valence-corrected chi connectivity index (χ4v) is 3.61. The molecule has 2 fully saturated rings. The van der Waals surface area contributed by atoms with Gasteiger partial charge in [0.25, 0.3) is 5.91 Å². The highest BCUT2D eigenvalue weighted by Crippen LogP contribution is 2.29. The maximum absolute atomic E-state index is 12.9. The molecule has 2 heterocycles. The fraction of sp³-hybridized carbons (Fsp3) is 0.471. The van der Waals surface area contributed by atoms with Crippen LogP contribution < -0.4 is 0 Å². The Morgan fingerprint density at radius 3 is 2.78 bits per heavy atom. The van der Waals surface area contributed by atoms with Gasteiger partial charge in [0, 0.05) is 12.1 Å². The molecule has 0 unspecified atom stereocenters. The maximum atomic E-state index is 12.9. The summed E-state index contributed by atoms with van der Waals surface area (Å²) >= 11 is 0. The van der Waals surface area contributed by atoms with Crippen molar-refractivity contribution in [3.8, 4) is 5.69 Å². The van der Waals surface area contributed by atoms with Crippen molar-refractivity contribution in [2.45, 2.75) is 37.8 Å². The van der Waals surface area contributed by atoms with Gasteiger partial charge in [-0.25, -0.2) is 9.67 Å². The van der Waals surface area contributed by atoms with E-state index < -0.39 is 0 Å². The second-order valence-corrected chi connectivity index (χ2v) is 6.15. The molecule has 1 aromatic heterocycles. The molecule has 2 aromatic rings. The molecule has 1 aliphatic heterocycles. The highest BCUT2D eigenvalue weighted by atomic mass is 16.5. The molecule has 2 atom stereocenters. The molecule has 120 valence electrons. The van der Waals surface area contributed by atoms with E-state index >= 15 is 0 Å². The number of ether oxygens (including phenoxy) is 1. The average Bonchev–Trinajstić information content (AvgIpc) is 3.15. The number of fused-ring (bicyclic) bond motifs is 1. The van der Waals surface area contributed by atoms with E-state index in [1.165, 1.54) is 19.2 Å². The zero-order valence-corrected chi connectivity index (χ0v) is 13.0. The molecule has 0 N–H and O–H groups in total. The van der Waals surface area contributed by atoms with Crippen molar-refractivity contribution in [3.63, 3.8) is 0 Å². The van der Waals surface area contributed by atoms with Crippen molar-refractivity contribution < 1.29 is 9.53 Å². The van der Waals surface area contributed by atoms with Gasteiger partial charge in [0.1, 0.15) is 12.7 Å². The Morgan fingerprint density at radius 2 is 2.00 bits per heavy atom. The Balaban J connectivity index is 1.54. The summed E-state index contributed by atoms with van der Waals surface area (Å²) in [6.45, 7) is 1.33. The monoisotopic (exact) mass is 312 g/mol. The Bertz CT molecular complexity index is 666. The number of benzene rings is 1. The van der Waals surface area contributed by atoms with Gasteiger partial charge in [-0.05, 0) is 37.1 Å². The number of morpholine rings is 1. The van der Waals surface area contributed by atoms with Crippen molar-refractivity contribution in [1.82, 2.24) is 19.7 Å². The van der Waals surface area contributed by atoms with Crippen LogP contribution in [0.2, 0.25) is 0 Å². The lowest BCUT2D eigenvalue weighted by Gasteiger charge is -2.43. The highest BCUT2D eigenvalue weighted by molar-refractivity contribution is 5.94. The van der Waals surface area contributed by atoms with Crippen LogP contribution in [0.1, 0.15) is 36.0 Å². The summed E-state index contributed by atoms with van der Waals surface area (Å²) in [5.41, 5.74) is 1.62. The Morgan fingerprint density at radius 1 is 1.17 bits per heavy atom. The van der Waals surface area contributed by atoms with E-state index in [2.05, 4.69) is 10.1 Å². The zero-order valence-electron chi connectivity index (χ0n) is 13.0. The van der Waals surface area contributed by atoms with E-state index in [0.29, 0.717) is 13.2 Å². The molecule has 1 aliphatic carbocycles. The van der Waals surface area contributed by atoms with E-state index in [0.717, 1.165) is 24.1 Å². The van der Waals surface area contributed by atoms with Gasteiger partial charge in [-0.15, -0.1) is 0 Å². The van der Waals surface area contributed by atoms with Crippen molar-refractivity contribution in [1.29, 1.82) is 0 Å². The van der Waals surface area contributed by atoms with Crippen LogP contribution in [0, 0.1) is 0 Å². The average molecular weight is 312 g/mol. The molecule has 6 heteroatoms. The van der Waals surface area contributed by atoms with Gasteiger partial charge in [-0.1, -0.05) is 12.8 Å². The van der Waals surface area contributed by atoms with Gasteiger partial charge in [0.15, 0.2) is 0 Å². The molecule has 1 saturated carbocycles. The molecule has 6 nitrogen and oxygen atoms in total. The number of aromatic nitrogens is 3. The van der Waals surface area contributed by atoms with Crippen molar-refractivity contribution in [2.24, 2.45) is 0 Å². The quantitative estimate of drug-likeness (QED) is 0.851. The van der Waals surface area contributed by atoms with Crippen LogP contribution >= 0.6 is 0 Å². The second-order valence-electron chi connectivity index (χ2n) is 6.15. The van der Waals surface area contributed by atoms with Crippen LogP contribution in [0.15, 0.2) is 36.9 Å². The van der Waals surface area contributed by atoms with Gasteiger partial charge in [0.2, 0.25) is 0 Å². The highest BCUT2D eigenvalue weighted by Gasteiger charge is 2.36. The van der Waals surface area contributed by atoms with Crippen LogP contribution in [0.3, 0.4) is 0 Å². The topological polar surface area (TPSA) is 60.2 Å². The first-order chi connectivity index (χ1) is 11.3. The predicted molar refractivity (Wildman–Crippen MR) is 84.4 cm³/mol. The standard InChI is InChI=1S/C17H20N4O2/c22-17(20-9-10-23-16-4-2-1-3-15(16)20)13-5-7-14(8-6-13)21-12-18-11-19-21/h5-8,11-12,15-16H,1-4,9-10H2/t15-,16+/m0/s1. The molecular weight excluding hydrogens is 292 g/mol. The summed E-state index contributed by atoms with van der Waals surface area (Å²) in [5.74, 6) is 0.107. The number of rotatable bonds is 2. The van der Waals surface area contributed by atoms with E-state index in [-0.39, 0.29) is 18.1 Å². The summed E-state index contributed by atoms with van der Waals surface area (Å²) in [5, 5.41) is 4.10. The Labute approximate surface area is 135 Å². The minimum atomic E-state index is 0.107. The van der Waals surface area contributed by atoms with Gasteiger partial charge in [-0.3, -0.25) is 4.79 Å². The molecule has 1 saturated heterocycles. The first-order valence-electron chi connectivity index (χ1n) is 8.20. The van der Waals surface area contributed by atoms with Gasteiger partial charge < -0.3 is 9.64 Å². The summed E-state index contributed by atoms with van der Waals surface area (Å²) in [4.78, 5) is 18.8. The zero-order chi connectivity index (χ0) is 15.6. The maximum Gasteiger partial charge on any atom is 0.254 e. The van der Waals surface area contributed by atoms with E-state index in [1.807, 2.05) is 29.2 Å². The summed E-state index contributed by atoms with van der Waals surface area (Å²) in [6.07, 6.45) is 7.86. The smallest absolute Gasteiger partial charge is 0.254 e. The molecule has 1 aromatic carbocycles. The molecule has 23 heavy (non-hydrogen) atoms. The number of carbonyl (C=O) groups is 1. The number of nitrogens with zero attached hydrogens (tertiary/aromatic N) is 4. The van der Waals surface area contributed by atoms with E-state index in [9.17, 15) is 4.79 Å². The molecule has 0 bridgehead atoms. The lowest BCUT2D eigenvalue weighted by Crippen LogP contribution is -2.54. The molecule has 0 spiro atoms. The summed E-state index contributed by atoms with van der Waals surface area (Å²) in [7, 11) is 0. The lowest BCUT2D eigenvalue weighted by atomic mass is 9.89. The third-order valence-electron chi connectivity index (χ3n) is 4.79. The third kappa shape index (κ3) is 2.74. The van der Waals surface area contributed by atoms with E-state index in [4.69, 9.17) is 4.74 Å². The summed E-state index contributed by atoms with van der Waals surface area (Å²) in [6, 6.07) is 7.78. The largest absolute Gasteiger partial charge is 0.374 e. The molecule has 2 aliphatic rings. The van der Waals surface area contributed by atoms with E-state index in [1.54, 1.807) is 11.0 Å². The van der Waals surface area contributed by atoms with Crippen LogP contribution in [0.4, 0.5) is 0 Å². The minimum absolute atomic E-state index is 0.107. The minimum Gasteiger partial charge on any atom is -0.374 e. The SMILES string of the molecule is O=C(c1ccc(-n2cncn2)cc1)N1CCO[C@@H]2CCCC[C@@H]21. The van der Waals surface area contributed by atoms with Crippen molar-refractivity contribution in [3.05, 3.63) is 42.5 Å². The molecular formula is C17H20N4O2. The van der Waals surface area contributed by atoms with Crippen LogP contribution in [-0.4, -0.2) is 50.9 Å². The normalized spacial score (nSPS) is 24.3. The number of hydrogen-bond acceptors (Lipinski definition) is 4. The molecule has 1 amide bonds. The Kier molecular flexibility index (Phi) is 3.83. The Hall–Kier alpha value is -2.21. The van der Waals surface area contributed by atoms with Gasteiger partial charge in [0.05, 0.1) is 24.4 Å². The first-order valence-corrected chi connectivity index (χ1v) is 8.20. The van der Waals surface area contributed by atoms with Crippen molar-refractivity contribution >= 4 is 5.91 Å². The second kappa shape index (κ2) is 6.12. The van der Waals surface area contributed by atoms with Gasteiger partial charge >= 0.3 is 0 Å². The third-order valence-corrected chi connectivity index (χ3v) is 4.79. The number of carbonyl (C=O) groups excluding carboxylic acids is 1. The fourth-order valence-electron chi connectivity index (χ4n) is 3.61. The molecule has 4 rings (SSSR count). The predicted octanol–water partition coefficient (Wildman–Crippen LogP) is 2.05. The summed E-state index contributed by atoms with van der Waals surface area (Å²) < 4.78 is 7.53. The van der Waals surface area contributed by atoms with Crippen molar-refractivity contribution in [2.75, 3.05) is 13.2 Å². The van der Waals surface area contributed by atoms with Crippen LogP contribution in [0.5, 0.6) is 0 Å². The van der Waals surface area contributed by atoms with Crippen LogP contribution in [0.25, 0.3) is 5.69 Å². The van der Waals surface area contributed by atoms with Crippen LogP contribution in [-0.2, 0) is 4.74 Å². The lowest BCUT2D eigenvalue weighted by molar-refractivity contribution is -0.0752. The number of amides is 1. The van der Waals surface area contributed by atoms with Gasteiger partial charge in [-0.2, -0.15) is 5.10 Å². The number of hydrogen-bond donors (Lipinski definition) is 0. The molecule has 0 radical (unpaired) electrons.